The van der Waals surface area contributed by atoms with Crippen molar-refractivity contribution in [2.75, 3.05) is 11.9 Å². The summed E-state index contributed by atoms with van der Waals surface area (Å²) in [7, 11) is 0. The van der Waals surface area contributed by atoms with Gasteiger partial charge in [0.05, 0.1) is 30.9 Å². The van der Waals surface area contributed by atoms with Crippen LogP contribution >= 0.6 is 0 Å². The number of anilines is 2. The maximum Gasteiger partial charge on any atom is 0.308 e. The van der Waals surface area contributed by atoms with E-state index in [2.05, 4.69) is 10.3 Å². The smallest absolute Gasteiger partial charge is 0.308 e. The lowest BCUT2D eigenvalue weighted by Gasteiger charge is -2.13. The largest absolute Gasteiger partial charge is 0.466 e. The molecule has 9 nitrogen and oxygen atoms in total. The van der Waals surface area contributed by atoms with Crippen molar-refractivity contribution >= 4 is 23.7 Å². The summed E-state index contributed by atoms with van der Waals surface area (Å²) in [6.07, 6.45) is 2.83. The first-order chi connectivity index (χ1) is 21.0. The van der Waals surface area contributed by atoms with Crippen molar-refractivity contribution in [2.24, 2.45) is 0 Å². The summed E-state index contributed by atoms with van der Waals surface area (Å²) in [5.41, 5.74) is 4.84. The quantitative estimate of drug-likeness (QED) is 0.159. The number of aromatic nitrogens is 4. The molecule has 0 spiro atoms. The first-order valence-electron chi connectivity index (χ1n) is 14.1. The third-order valence-corrected chi connectivity index (χ3v) is 6.61. The molecule has 9 heteroatoms. The van der Waals surface area contributed by atoms with Gasteiger partial charge in [-0.3, -0.25) is 4.79 Å². The summed E-state index contributed by atoms with van der Waals surface area (Å²) >= 11 is 0. The Morgan fingerprint density at radius 2 is 1.58 bits per heavy atom. The molecule has 0 radical (unpaired) electrons. The number of hydrogen-bond acceptors (Lipinski definition) is 8. The minimum Gasteiger partial charge on any atom is -0.466 e. The predicted octanol–water partition coefficient (Wildman–Crippen LogP) is 5.82. The van der Waals surface area contributed by atoms with Crippen LogP contribution in [-0.4, -0.2) is 54.7 Å². The molecule has 43 heavy (non-hydrogen) atoms. The first-order valence-corrected chi connectivity index (χ1v) is 14.1. The molecule has 0 amide bonds. The number of nitrogens with zero attached hydrogens (tertiary/aromatic N) is 4. The molecule has 2 atom stereocenters. The molecule has 0 fully saturated rings. The van der Waals surface area contributed by atoms with Crippen LogP contribution < -0.4 is 5.32 Å². The van der Waals surface area contributed by atoms with Crippen LogP contribution in [0.25, 0.3) is 34.4 Å². The molecule has 0 unspecified atom stereocenters. The van der Waals surface area contributed by atoms with Gasteiger partial charge in [-0.25, -0.2) is 9.67 Å². The van der Waals surface area contributed by atoms with Gasteiger partial charge in [0.2, 0.25) is 5.95 Å². The van der Waals surface area contributed by atoms with E-state index < -0.39 is 18.2 Å². The highest BCUT2D eigenvalue weighted by atomic mass is 16.5. The Labute approximate surface area is 250 Å². The second-order valence-corrected chi connectivity index (χ2v) is 9.81. The summed E-state index contributed by atoms with van der Waals surface area (Å²) < 4.78 is 6.69. The first kappa shape index (κ1) is 29.4. The molecule has 0 aliphatic rings. The van der Waals surface area contributed by atoms with Crippen molar-refractivity contribution in [2.45, 2.75) is 32.0 Å². The van der Waals surface area contributed by atoms with Crippen LogP contribution in [-0.2, 0) is 9.53 Å². The highest BCUT2D eigenvalue weighted by molar-refractivity contribution is 5.84. The van der Waals surface area contributed by atoms with Crippen LogP contribution in [0.1, 0.15) is 25.3 Å². The molecule has 2 heterocycles. The van der Waals surface area contributed by atoms with Crippen LogP contribution in [0.15, 0.2) is 109 Å². The van der Waals surface area contributed by atoms with Crippen molar-refractivity contribution < 1.29 is 19.7 Å². The summed E-state index contributed by atoms with van der Waals surface area (Å²) in [6, 6.07) is 31.1. The summed E-state index contributed by atoms with van der Waals surface area (Å²) in [5, 5.41) is 29.4. The van der Waals surface area contributed by atoms with Gasteiger partial charge in [-0.15, -0.1) is 0 Å². The predicted molar refractivity (Wildman–Crippen MR) is 167 cm³/mol. The molecule has 5 rings (SSSR count). The summed E-state index contributed by atoms with van der Waals surface area (Å²) in [4.78, 5) is 21.0. The number of benzene rings is 3. The topological polar surface area (TPSA) is 122 Å². The molecule has 3 aromatic carbocycles. The maximum absolute atomic E-state index is 11.8. The zero-order chi connectivity index (χ0) is 30.0. The summed E-state index contributed by atoms with van der Waals surface area (Å²) in [6.45, 7) is 1.94. The van der Waals surface area contributed by atoms with E-state index in [0.29, 0.717) is 17.5 Å². The van der Waals surface area contributed by atoms with Crippen LogP contribution in [0.5, 0.6) is 0 Å². The molecule has 5 aromatic rings. The second-order valence-electron chi connectivity index (χ2n) is 9.81. The van der Waals surface area contributed by atoms with Gasteiger partial charge < -0.3 is 20.3 Å². The van der Waals surface area contributed by atoms with E-state index in [4.69, 9.17) is 14.8 Å². The number of hydrogen-bond donors (Lipinski definition) is 3. The van der Waals surface area contributed by atoms with Gasteiger partial charge in [0.1, 0.15) is 5.69 Å². The van der Waals surface area contributed by atoms with E-state index in [0.717, 1.165) is 28.1 Å². The van der Waals surface area contributed by atoms with Gasteiger partial charge in [0.15, 0.2) is 5.82 Å². The Hall–Kier alpha value is -5.12. The monoisotopic (exact) mass is 575 g/mol. The maximum atomic E-state index is 11.8. The number of ether oxygens (including phenoxy) is 1. The number of nitrogens with one attached hydrogen (secondary N) is 1. The fourth-order valence-electron chi connectivity index (χ4n) is 4.68. The van der Waals surface area contributed by atoms with E-state index in [1.165, 1.54) is 0 Å². The molecule has 3 N–H and O–H groups in total. The fourth-order valence-corrected chi connectivity index (χ4v) is 4.68. The van der Waals surface area contributed by atoms with Crippen molar-refractivity contribution in [1.82, 2.24) is 19.7 Å². The minimum absolute atomic E-state index is 0.0226. The zero-order valence-corrected chi connectivity index (χ0v) is 23.7. The standard InChI is InChI=1S/C34H33N5O4/c1-2-43-31(42)23-28(41)22-27(40)18-19-29-32(24-12-6-3-7-13-24)38-39(33(29)25-14-8-4-9-15-25)30-20-21-35-34(37-30)36-26-16-10-5-11-17-26/h3-21,27-28,40-41H,2,22-23H2,1H3,(H,35,36,37)/b19-18+/t27-,28-/m1/s1. The van der Waals surface area contributed by atoms with Crippen LogP contribution in [0, 0.1) is 0 Å². The number of carbonyl (C=O) groups is 1. The Kier molecular flexibility index (Phi) is 9.68. The fraction of sp³-hybridized carbons (Fsp3) is 0.176. The third kappa shape index (κ3) is 7.59. The highest BCUT2D eigenvalue weighted by Gasteiger charge is 2.22. The molecular formula is C34H33N5O4. The SMILES string of the molecule is CCOC(=O)C[C@H](O)C[C@H](O)/C=C/c1c(-c2ccccc2)nn(-c2ccnc(Nc3ccccc3)n2)c1-c1ccccc1. The Morgan fingerprint density at radius 3 is 2.26 bits per heavy atom. The molecule has 0 aliphatic heterocycles. The van der Waals surface area contributed by atoms with E-state index in [-0.39, 0.29) is 19.4 Å². The molecule has 0 bridgehead atoms. The van der Waals surface area contributed by atoms with Gasteiger partial charge in [-0.1, -0.05) is 91.0 Å². The average molecular weight is 576 g/mol. The number of aliphatic hydroxyl groups excluding tert-OH is 2. The molecule has 0 saturated carbocycles. The van der Waals surface area contributed by atoms with Crippen LogP contribution in [0.3, 0.4) is 0 Å². The molecule has 0 aliphatic carbocycles. The van der Waals surface area contributed by atoms with E-state index in [1.54, 1.807) is 36.0 Å². The lowest BCUT2D eigenvalue weighted by Crippen LogP contribution is -2.20. The lowest BCUT2D eigenvalue weighted by atomic mass is 10.00. The van der Waals surface area contributed by atoms with Crippen molar-refractivity contribution in [1.29, 1.82) is 0 Å². The normalized spacial score (nSPS) is 12.6. The molecule has 2 aromatic heterocycles. The van der Waals surface area contributed by atoms with Gasteiger partial charge in [-0.2, -0.15) is 10.1 Å². The van der Waals surface area contributed by atoms with Crippen molar-refractivity contribution in [3.05, 3.63) is 115 Å². The molecule has 218 valence electrons. The molecular weight excluding hydrogens is 542 g/mol. The lowest BCUT2D eigenvalue weighted by molar-refractivity contribution is -0.145. The second kappa shape index (κ2) is 14.2. The average Bonchev–Trinajstić information content (AvgIpc) is 3.41. The van der Waals surface area contributed by atoms with Crippen molar-refractivity contribution in [3.8, 4) is 28.3 Å². The summed E-state index contributed by atoms with van der Waals surface area (Å²) in [5.74, 6) is 0.466. The van der Waals surface area contributed by atoms with Crippen LogP contribution in [0.4, 0.5) is 11.6 Å². The number of aliphatic hydroxyl groups is 2. The van der Waals surface area contributed by atoms with Gasteiger partial charge in [0, 0.05) is 41.1 Å². The van der Waals surface area contributed by atoms with Crippen LogP contribution in [0.2, 0.25) is 0 Å². The Bertz CT molecular complexity index is 1660. The number of carbonyl (C=O) groups excluding carboxylic acids is 1. The van der Waals surface area contributed by atoms with Crippen molar-refractivity contribution in [3.63, 3.8) is 0 Å². The molecule has 0 saturated heterocycles. The van der Waals surface area contributed by atoms with Gasteiger partial charge in [-0.05, 0) is 19.1 Å². The zero-order valence-electron chi connectivity index (χ0n) is 23.7. The van der Waals surface area contributed by atoms with E-state index in [9.17, 15) is 15.0 Å². The number of para-hydroxylation sites is 1. The minimum atomic E-state index is -1.04. The van der Waals surface area contributed by atoms with Gasteiger partial charge in [0.25, 0.3) is 0 Å². The van der Waals surface area contributed by atoms with E-state index in [1.807, 2.05) is 91.0 Å². The van der Waals surface area contributed by atoms with E-state index >= 15 is 0 Å². The Morgan fingerprint density at radius 1 is 0.930 bits per heavy atom. The third-order valence-electron chi connectivity index (χ3n) is 6.61. The highest BCUT2D eigenvalue weighted by Crippen LogP contribution is 2.35. The number of rotatable bonds is 12. The van der Waals surface area contributed by atoms with Gasteiger partial charge >= 0.3 is 5.97 Å². The Balaban J connectivity index is 1.57. The number of esters is 1.